The SMILES string of the molecule is CCCNC(C1=CCCCCC1)c1cc(OC)ccc1Br. The van der Waals surface area contributed by atoms with Crippen LogP contribution in [-0.4, -0.2) is 13.7 Å². The van der Waals surface area contributed by atoms with E-state index < -0.39 is 0 Å². The highest BCUT2D eigenvalue weighted by Crippen LogP contribution is 2.35. The van der Waals surface area contributed by atoms with Crippen LogP contribution in [0.15, 0.2) is 34.3 Å². The van der Waals surface area contributed by atoms with Gasteiger partial charge in [-0.2, -0.15) is 0 Å². The van der Waals surface area contributed by atoms with Gasteiger partial charge >= 0.3 is 0 Å². The first-order valence-electron chi connectivity index (χ1n) is 8.02. The molecule has 0 bridgehead atoms. The van der Waals surface area contributed by atoms with Gasteiger partial charge in [-0.25, -0.2) is 0 Å². The molecular formula is C18H26BrNO. The zero-order valence-electron chi connectivity index (χ0n) is 13.1. The van der Waals surface area contributed by atoms with Crippen molar-refractivity contribution in [1.29, 1.82) is 0 Å². The number of benzene rings is 1. The Balaban J connectivity index is 2.32. The Morgan fingerprint density at radius 2 is 2.14 bits per heavy atom. The molecule has 1 unspecified atom stereocenters. The molecule has 0 fully saturated rings. The monoisotopic (exact) mass is 351 g/mol. The van der Waals surface area contributed by atoms with Crippen molar-refractivity contribution in [3.8, 4) is 5.75 Å². The van der Waals surface area contributed by atoms with E-state index in [1.54, 1.807) is 7.11 Å². The highest BCUT2D eigenvalue weighted by atomic mass is 79.9. The van der Waals surface area contributed by atoms with Crippen LogP contribution < -0.4 is 10.1 Å². The van der Waals surface area contributed by atoms with Gasteiger partial charge in [-0.05, 0) is 62.4 Å². The summed E-state index contributed by atoms with van der Waals surface area (Å²) >= 11 is 3.72. The van der Waals surface area contributed by atoms with Crippen molar-refractivity contribution in [3.05, 3.63) is 39.9 Å². The number of hydrogen-bond donors (Lipinski definition) is 1. The molecule has 1 atom stereocenters. The number of rotatable bonds is 6. The minimum Gasteiger partial charge on any atom is -0.497 e. The van der Waals surface area contributed by atoms with Crippen LogP contribution in [0.4, 0.5) is 0 Å². The fraction of sp³-hybridized carbons (Fsp3) is 0.556. The van der Waals surface area contributed by atoms with Crippen LogP contribution in [0.2, 0.25) is 0 Å². The average Bonchev–Trinajstić information content (AvgIpc) is 2.78. The zero-order valence-corrected chi connectivity index (χ0v) is 14.7. The largest absolute Gasteiger partial charge is 0.497 e. The first kappa shape index (κ1) is 16.6. The van der Waals surface area contributed by atoms with Gasteiger partial charge in [0.2, 0.25) is 0 Å². The third-order valence-corrected chi connectivity index (χ3v) is 4.78. The van der Waals surface area contributed by atoms with E-state index in [9.17, 15) is 0 Å². The van der Waals surface area contributed by atoms with Crippen LogP contribution in [0.3, 0.4) is 0 Å². The molecule has 0 aromatic heterocycles. The lowest BCUT2D eigenvalue weighted by atomic mass is 9.94. The van der Waals surface area contributed by atoms with E-state index in [0.29, 0.717) is 6.04 Å². The van der Waals surface area contributed by atoms with Gasteiger partial charge in [-0.1, -0.05) is 40.9 Å². The molecule has 1 aromatic carbocycles. The maximum atomic E-state index is 5.41. The Morgan fingerprint density at radius 3 is 2.90 bits per heavy atom. The summed E-state index contributed by atoms with van der Waals surface area (Å²) in [6, 6.07) is 6.55. The second-order valence-electron chi connectivity index (χ2n) is 5.65. The highest BCUT2D eigenvalue weighted by molar-refractivity contribution is 9.10. The van der Waals surface area contributed by atoms with Crippen LogP contribution in [0.1, 0.15) is 57.1 Å². The molecule has 1 N–H and O–H groups in total. The number of allylic oxidation sites excluding steroid dienone is 1. The van der Waals surface area contributed by atoms with Gasteiger partial charge in [0.1, 0.15) is 5.75 Å². The van der Waals surface area contributed by atoms with Crippen molar-refractivity contribution in [3.63, 3.8) is 0 Å². The molecule has 3 heteroatoms. The van der Waals surface area contributed by atoms with Crippen LogP contribution in [0.25, 0.3) is 0 Å². The Kier molecular flexibility index (Phi) is 6.78. The van der Waals surface area contributed by atoms with Crippen molar-refractivity contribution in [1.82, 2.24) is 5.32 Å². The first-order valence-corrected chi connectivity index (χ1v) is 8.81. The third kappa shape index (κ3) is 4.58. The fourth-order valence-electron chi connectivity index (χ4n) is 2.90. The lowest BCUT2D eigenvalue weighted by molar-refractivity contribution is 0.413. The molecule has 0 saturated heterocycles. The summed E-state index contributed by atoms with van der Waals surface area (Å²) in [7, 11) is 1.73. The lowest BCUT2D eigenvalue weighted by Crippen LogP contribution is -2.24. The number of nitrogens with one attached hydrogen (secondary N) is 1. The van der Waals surface area contributed by atoms with Gasteiger partial charge in [0.25, 0.3) is 0 Å². The molecule has 0 amide bonds. The van der Waals surface area contributed by atoms with Crippen molar-refractivity contribution >= 4 is 15.9 Å². The predicted molar refractivity (Wildman–Crippen MR) is 92.9 cm³/mol. The second-order valence-corrected chi connectivity index (χ2v) is 6.51. The van der Waals surface area contributed by atoms with Gasteiger partial charge in [0.15, 0.2) is 0 Å². The first-order chi connectivity index (χ1) is 10.3. The minimum absolute atomic E-state index is 0.299. The van der Waals surface area contributed by atoms with E-state index in [1.807, 2.05) is 6.07 Å². The molecular weight excluding hydrogens is 326 g/mol. The summed E-state index contributed by atoms with van der Waals surface area (Å²) in [5.74, 6) is 0.922. The van der Waals surface area contributed by atoms with Gasteiger partial charge in [-0.3, -0.25) is 0 Å². The fourth-order valence-corrected chi connectivity index (χ4v) is 3.38. The van der Waals surface area contributed by atoms with E-state index in [2.05, 4.69) is 46.4 Å². The third-order valence-electron chi connectivity index (χ3n) is 4.06. The Hall–Kier alpha value is -0.800. The summed E-state index contributed by atoms with van der Waals surface area (Å²) in [5.41, 5.74) is 2.82. The van der Waals surface area contributed by atoms with E-state index in [4.69, 9.17) is 4.74 Å². The maximum absolute atomic E-state index is 5.41. The predicted octanol–water partition coefficient (Wildman–Crippen LogP) is 5.39. The zero-order chi connectivity index (χ0) is 15.1. The Bertz CT molecular complexity index is 484. The molecule has 0 spiro atoms. The molecule has 0 aliphatic heterocycles. The van der Waals surface area contributed by atoms with Gasteiger partial charge in [-0.15, -0.1) is 0 Å². The molecule has 2 nitrogen and oxygen atoms in total. The molecule has 21 heavy (non-hydrogen) atoms. The summed E-state index contributed by atoms with van der Waals surface area (Å²) in [4.78, 5) is 0. The molecule has 2 rings (SSSR count). The van der Waals surface area contributed by atoms with E-state index in [1.165, 1.54) is 43.2 Å². The van der Waals surface area contributed by atoms with Crippen LogP contribution in [0.5, 0.6) is 5.75 Å². The molecule has 0 saturated carbocycles. The van der Waals surface area contributed by atoms with Crippen molar-refractivity contribution in [2.45, 2.75) is 51.5 Å². The average molecular weight is 352 g/mol. The quantitative estimate of drug-likeness (QED) is 0.693. The lowest BCUT2D eigenvalue weighted by Gasteiger charge is -2.24. The maximum Gasteiger partial charge on any atom is 0.119 e. The van der Waals surface area contributed by atoms with Crippen LogP contribution in [-0.2, 0) is 0 Å². The number of hydrogen-bond acceptors (Lipinski definition) is 2. The highest BCUT2D eigenvalue weighted by Gasteiger charge is 2.20. The summed E-state index contributed by atoms with van der Waals surface area (Å²) in [6.07, 6.45) is 9.98. The smallest absolute Gasteiger partial charge is 0.119 e. The summed E-state index contributed by atoms with van der Waals surface area (Å²) in [6.45, 7) is 3.25. The summed E-state index contributed by atoms with van der Waals surface area (Å²) < 4.78 is 6.56. The van der Waals surface area contributed by atoms with Gasteiger partial charge in [0.05, 0.1) is 13.2 Å². The van der Waals surface area contributed by atoms with Crippen molar-refractivity contribution < 1.29 is 4.74 Å². The standard InChI is InChI=1S/C18H26BrNO/c1-3-12-20-18(14-8-6-4-5-7-9-14)16-13-15(21-2)10-11-17(16)19/h8,10-11,13,18,20H,3-7,9,12H2,1-2H3. The Labute approximate surface area is 137 Å². The topological polar surface area (TPSA) is 21.3 Å². The van der Waals surface area contributed by atoms with Crippen LogP contribution >= 0.6 is 15.9 Å². The van der Waals surface area contributed by atoms with Gasteiger partial charge < -0.3 is 10.1 Å². The summed E-state index contributed by atoms with van der Waals surface area (Å²) in [5, 5.41) is 3.72. The molecule has 0 radical (unpaired) electrons. The molecule has 1 aliphatic carbocycles. The molecule has 0 heterocycles. The van der Waals surface area contributed by atoms with Crippen molar-refractivity contribution in [2.75, 3.05) is 13.7 Å². The number of halogens is 1. The van der Waals surface area contributed by atoms with Crippen LogP contribution in [0, 0.1) is 0 Å². The molecule has 1 aromatic rings. The second kappa shape index (κ2) is 8.60. The molecule has 1 aliphatic rings. The Morgan fingerprint density at radius 1 is 1.29 bits per heavy atom. The number of methoxy groups -OCH3 is 1. The molecule has 116 valence electrons. The number of ether oxygens (including phenoxy) is 1. The van der Waals surface area contributed by atoms with Crippen molar-refractivity contribution in [2.24, 2.45) is 0 Å². The van der Waals surface area contributed by atoms with E-state index in [-0.39, 0.29) is 0 Å². The van der Waals surface area contributed by atoms with Gasteiger partial charge in [0, 0.05) is 4.47 Å². The normalized spacial score (nSPS) is 17.0. The van der Waals surface area contributed by atoms with E-state index >= 15 is 0 Å². The van der Waals surface area contributed by atoms with E-state index in [0.717, 1.165) is 23.2 Å². The minimum atomic E-state index is 0.299.